The predicted molar refractivity (Wildman–Crippen MR) is 104 cm³/mol. The first-order valence-corrected chi connectivity index (χ1v) is 9.81. The molecule has 126 valence electrons. The Morgan fingerprint density at radius 1 is 1.12 bits per heavy atom. The van der Waals surface area contributed by atoms with Crippen molar-refractivity contribution in [2.24, 2.45) is 0 Å². The first-order chi connectivity index (χ1) is 12.0. The van der Waals surface area contributed by atoms with Gasteiger partial charge in [0, 0.05) is 5.56 Å². The Hall–Kier alpha value is -2.18. The lowest BCUT2D eigenvalue weighted by atomic mass is 9.97. The Labute approximate surface area is 153 Å². The third kappa shape index (κ3) is 2.85. The summed E-state index contributed by atoms with van der Waals surface area (Å²) in [5, 5.41) is 9.28. The van der Waals surface area contributed by atoms with Gasteiger partial charge < -0.3 is 0 Å². The van der Waals surface area contributed by atoms with Crippen LogP contribution in [0.15, 0.2) is 41.6 Å². The van der Waals surface area contributed by atoms with Crippen LogP contribution in [0.3, 0.4) is 0 Å². The number of carbonyl (C=O) groups excluding carboxylic acids is 1. The normalized spacial score (nSPS) is 11.5. The number of fused-ring (bicyclic) bond motifs is 3. The Morgan fingerprint density at radius 2 is 1.84 bits per heavy atom. The fraction of sp³-hybridized carbons (Fsp3) is 0.211. The molecule has 0 saturated carbocycles. The number of carbonyl (C=O) groups is 1. The van der Waals surface area contributed by atoms with Crippen molar-refractivity contribution < 1.29 is 4.79 Å². The molecule has 2 aromatic heterocycles. The summed E-state index contributed by atoms with van der Waals surface area (Å²) in [5.74, 6) is 0.492. The molecule has 0 aliphatic heterocycles. The molecule has 4 rings (SSSR count). The molecular formula is C19H17N3OS2. The number of Topliss-reactive ketones (excluding diaryl/α,β-unsaturated/α-hetero) is 1. The van der Waals surface area contributed by atoms with E-state index in [1.165, 1.54) is 22.0 Å². The van der Waals surface area contributed by atoms with Crippen LogP contribution in [0.25, 0.3) is 15.2 Å². The van der Waals surface area contributed by atoms with Crippen LogP contribution in [0, 0.1) is 20.8 Å². The van der Waals surface area contributed by atoms with Gasteiger partial charge in [-0.2, -0.15) is 0 Å². The summed E-state index contributed by atoms with van der Waals surface area (Å²) >= 11 is 3.06. The molecule has 0 aliphatic carbocycles. The summed E-state index contributed by atoms with van der Waals surface area (Å²) in [6.45, 7) is 6.05. The third-order valence-electron chi connectivity index (χ3n) is 4.20. The lowest BCUT2D eigenvalue weighted by Crippen LogP contribution is -2.08. The van der Waals surface area contributed by atoms with Crippen molar-refractivity contribution in [2.75, 3.05) is 5.75 Å². The molecule has 6 heteroatoms. The van der Waals surface area contributed by atoms with E-state index in [4.69, 9.17) is 0 Å². The number of aryl methyl sites for hydroxylation is 3. The summed E-state index contributed by atoms with van der Waals surface area (Å²) in [5.41, 5.74) is 5.17. The van der Waals surface area contributed by atoms with E-state index in [0.717, 1.165) is 32.3 Å². The van der Waals surface area contributed by atoms with Gasteiger partial charge in [-0.3, -0.25) is 9.20 Å². The van der Waals surface area contributed by atoms with Gasteiger partial charge in [-0.05, 0) is 44.0 Å². The standard InChI is InChI=1S/C19H17N3OS2/c1-11-8-12(2)17(13(3)9-11)15(23)10-24-18-20-21-19-22(18)14-6-4-5-7-16(14)25-19/h4-9H,10H2,1-3H3. The summed E-state index contributed by atoms with van der Waals surface area (Å²) in [4.78, 5) is 13.6. The molecule has 0 amide bonds. The highest BCUT2D eigenvalue weighted by molar-refractivity contribution is 7.99. The third-order valence-corrected chi connectivity index (χ3v) is 6.14. The highest BCUT2D eigenvalue weighted by Gasteiger charge is 2.17. The monoisotopic (exact) mass is 367 g/mol. The van der Waals surface area contributed by atoms with Gasteiger partial charge in [-0.1, -0.05) is 52.9 Å². The van der Waals surface area contributed by atoms with Crippen LogP contribution >= 0.6 is 23.1 Å². The lowest BCUT2D eigenvalue weighted by Gasteiger charge is -2.09. The van der Waals surface area contributed by atoms with Crippen molar-refractivity contribution in [3.05, 3.63) is 58.7 Å². The van der Waals surface area contributed by atoms with Gasteiger partial charge in [-0.15, -0.1) is 10.2 Å². The van der Waals surface area contributed by atoms with Crippen LogP contribution in [-0.4, -0.2) is 26.1 Å². The smallest absolute Gasteiger partial charge is 0.217 e. The largest absolute Gasteiger partial charge is 0.293 e. The molecule has 25 heavy (non-hydrogen) atoms. The molecule has 0 unspecified atom stereocenters. The number of ketones is 1. The molecule has 0 spiro atoms. The van der Waals surface area contributed by atoms with Gasteiger partial charge in [-0.25, -0.2) is 0 Å². The van der Waals surface area contributed by atoms with Crippen molar-refractivity contribution in [3.8, 4) is 0 Å². The molecule has 4 aromatic rings. The van der Waals surface area contributed by atoms with E-state index in [1.54, 1.807) is 11.3 Å². The number of aromatic nitrogens is 3. The van der Waals surface area contributed by atoms with Crippen molar-refractivity contribution in [3.63, 3.8) is 0 Å². The molecular weight excluding hydrogens is 350 g/mol. The second-order valence-corrected chi connectivity index (χ2v) is 8.11. The van der Waals surface area contributed by atoms with Crippen LogP contribution in [0.5, 0.6) is 0 Å². The Bertz CT molecular complexity index is 1090. The fourth-order valence-electron chi connectivity index (χ4n) is 3.27. The molecule has 4 nitrogen and oxygen atoms in total. The zero-order chi connectivity index (χ0) is 17.6. The maximum atomic E-state index is 12.8. The number of benzene rings is 2. The minimum absolute atomic E-state index is 0.135. The number of thioether (sulfide) groups is 1. The Balaban J connectivity index is 1.64. The number of hydrogen-bond donors (Lipinski definition) is 0. The summed E-state index contributed by atoms with van der Waals surface area (Å²) < 4.78 is 3.21. The van der Waals surface area contributed by atoms with Crippen molar-refractivity contribution >= 4 is 44.1 Å². The number of nitrogens with zero attached hydrogens (tertiary/aromatic N) is 3. The maximum absolute atomic E-state index is 12.8. The highest BCUT2D eigenvalue weighted by atomic mass is 32.2. The van der Waals surface area contributed by atoms with Crippen LogP contribution in [0.2, 0.25) is 0 Å². The van der Waals surface area contributed by atoms with Gasteiger partial charge in [0.25, 0.3) is 0 Å². The van der Waals surface area contributed by atoms with E-state index in [0.29, 0.717) is 5.75 Å². The summed E-state index contributed by atoms with van der Waals surface area (Å²) in [6.07, 6.45) is 0. The van der Waals surface area contributed by atoms with Gasteiger partial charge in [0.1, 0.15) is 0 Å². The SMILES string of the molecule is Cc1cc(C)c(C(=O)CSc2nnc3sc4ccccc4n23)c(C)c1. The summed E-state index contributed by atoms with van der Waals surface area (Å²) in [6, 6.07) is 12.3. The number of para-hydroxylation sites is 1. The van der Waals surface area contributed by atoms with Gasteiger partial charge in [0.15, 0.2) is 10.9 Å². The first-order valence-electron chi connectivity index (χ1n) is 8.01. The molecule has 2 aromatic carbocycles. The van der Waals surface area contributed by atoms with E-state index in [1.807, 2.05) is 30.4 Å². The fourth-order valence-corrected chi connectivity index (χ4v) is 5.11. The van der Waals surface area contributed by atoms with Crippen LogP contribution in [0.1, 0.15) is 27.0 Å². The molecule has 0 aliphatic rings. The molecule has 0 saturated heterocycles. The van der Waals surface area contributed by atoms with E-state index >= 15 is 0 Å². The molecule has 2 heterocycles. The number of rotatable bonds is 4. The average Bonchev–Trinajstić information content (AvgIpc) is 3.11. The van der Waals surface area contributed by atoms with E-state index in [9.17, 15) is 4.79 Å². The minimum atomic E-state index is 0.135. The average molecular weight is 367 g/mol. The number of hydrogen-bond acceptors (Lipinski definition) is 5. The Kier molecular flexibility index (Phi) is 4.09. The first kappa shape index (κ1) is 16.3. The minimum Gasteiger partial charge on any atom is -0.293 e. The second-order valence-electron chi connectivity index (χ2n) is 6.16. The van der Waals surface area contributed by atoms with E-state index in [-0.39, 0.29) is 5.78 Å². The highest BCUT2D eigenvalue weighted by Crippen LogP contribution is 2.30. The quantitative estimate of drug-likeness (QED) is 0.382. The van der Waals surface area contributed by atoms with Crippen molar-refractivity contribution in [2.45, 2.75) is 25.9 Å². The maximum Gasteiger partial charge on any atom is 0.217 e. The zero-order valence-corrected chi connectivity index (χ0v) is 15.9. The van der Waals surface area contributed by atoms with Gasteiger partial charge in [0.2, 0.25) is 4.96 Å². The van der Waals surface area contributed by atoms with Crippen molar-refractivity contribution in [1.29, 1.82) is 0 Å². The van der Waals surface area contributed by atoms with Crippen LogP contribution < -0.4 is 0 Å². The predicted octanol–water partition coefficient (Wildman–Crippen LogP) is 4.84. The molecule has 0 fully saturated rings. The Morgan fingerprint density at radius 3 is 2.60 bits per heavy atom. The second kappa shape index (κ2) is 6.28. The van der Waals surface area contributed by atoms with Crippen molar-refractivity contribution in [1.82, 2.24) is 14.6 Å². The topological polar surface area (TPSA) is 47.3 Å². The van der Waals surface area contributed by atoms with Crippen LogP contribution in [-0.2, 0) is 0 Å². The lowest BCUT2D eigenvalue weighted by molar-refractivity contribution is 0.102. The molecule has 0 radical (unpaired) electrons. The van der Waals surface area contributed by atoms with Gasteiger partial charge in [0.05, 0.1) is 16.0 Å². The zero-order valence-electron chi connectivity index (χ0n) is 14.2. The van der Waals surface area contributed by atoms with Gasteiger partial charge >= 0.3 is 0 Å². The summed E-state index contributed by atoms with van der Waals surface area (Å²) in [7, 11) is 0. The van der Waals surface area contributed by atoms with E-state index in [2.05, 4.69) is 41.4 Å². The van der Waals surface area contributed by atoms with Crippen LogP contribution in [0.4, 0.5) is 0 Å². The molecule has 0 atom stereocenters. The number of thiazole rings is 1. The molecule has 0 bridgehead atoms. The molecule has 0 N–H and O–H groups in total. The van der Waals surface area contributed by atoms with E-state index < -0.39 is 0 Å².